The number of benzene rings is 3. The van der Waals surface area contributed by atoms with Crippen LogP contribution < -0.4 is 0 Å². The zero-order valence-corrected chi connectivity index (χ0v) is 15.9. The first-order valence-electron chi connectivity index (χ1n) is 8.60. The average molecular weight is 424 g/mol. The van der Waals surface area contributed by atoms with E-state index < -0.39 is 32.9 Å². The quantitative estimate of drug-likeness (QED) is 0.433. The summed E-state index contributed by atoms with van der Waals surface area (Å²) in [4.78, 5) is 3.46. The second kappa shape index (κ2) is 7.28. The highest BCUT2D eigenvalue weighted by Gasteiger charge is 2.26. The smallest absolute Gasteiger partial charge is 0.208 e. The minimum atomic E-state index is -4.28. The molecule has 4 rings (SSSR count). The van der Waals surface area contributed by atoms with Crippen LogP contribution in [-0.2, 0) is 9.84 Å². The molecule has 0 aliphatic carbocycles. The summed E-state index contributed by atoms with van der Waals surface area (Å²) in [6.07, 6.45) is 1.05. The largest absolute Gasteiger partial charge is 0.255 e. The maximum atomic E-state index is 13.9. The van der Waals surface area contributed by atoms with E-state index in [0.717, 1.165) is 42.6 Å². The third kappa shape index (κ3) is 3.29. The zero-order chi connectivity index (χ0) is 21.5. The molecule has 8 heteroatoms. The van der Waals surface area contributed by atoms with E-state index in [0.29, 0.717) is 5.39 Å². The zero-order valence-electron chi connectivity index (χ0n) is 15.1. The van der Waals surface area contributed by atoms with Gasteiger partial charge in [-0.25, -0.2) is 21.6 Å². The van der Waals surface area contributed by atoms with E-state index in [4.69, 9.17) is 5.26 Å². The number of hydrogen-bond donors (Lipinski definition) is 0. The number of rotatable bonds is 3. The van der Waals surface area contributed by atoms with Gasteiger partial charge in [0.15, 0.2) is 0 Å². The van der Waals surface area contributed by atoms with Crippen molar-refractivity contribution in [3.63, 3.8) is 0 Å². The molecule has 0 aliphatic heterocycles. The summed E-state index contributed by atoms with van der Waals surface area (Å²) in [7, 11) is -4.28. The SMILES string of the molecule is N#Cc1cc(S(=O)(=O)c2cnc3cc(F)ccc3c2-c2cccc(F)c2)ccc1F. The molecule has 4 aromatic rings. The van der Waals surface area contributed by atoms with Crippen LogP contribution in [0.25, 0.3) is 22.0 Å². The van der Waals surface area contributed by atoms with Crippen LogP contribution in [0, 0.1) is 28.8 Å². The molecule has 0 fully saturated rings. The van der Waals surface area contributed by atoms with Crippen molar-refractivity contribution in [2.75, 3.05) is 0 Å². The van der Waals surface area contributed by atoms with E-state index >= 15 is 0 Å². The van der Waals surface area contributed by atoms with Gasteiger partial charge in [0.05, 0.1) is 20.9 Å². The molecule has 3 aromatic carbocycles. The fraction of sp³-hybridized carbons (Fsp3) is 0. The Balaban J connectivity index is 2.07. The maximum Gasteiger partial charge on any atom is 0.208 e. The van der Waals surface area contributed by atoms with E-state index in [2.05, 4.69) is 4.98 Å². The Morgan fingerprint density at radius 1 is 0.900 bits per heavy atom. The third-order valence-corrected chi connectivity index (χ3v) is 6.33. The van der Waals surface area contributed by atoms with Gasteiger partial charge in [0, 0.05) is 23.2 Å². The highest BCUT2D eigenvalue weighted by Crippen LogP contribution is 2.37. The minimum Gasteiger partial charge on any atom is -0.255 e. The fourth-order valence-electron chi connectivity index (χ4n) is 3.18. The van der Waals surface area contributed by atoms with Crippen molar-refractivity contribution < 1.29 is 21.6 Å². The van der Waals surface area contributed by atoms with Gasteiger partial charge in [0.1, 0.15) is 23.5 Å². The van der Waals surface area contributed by atoms with Crippen LogP contribution in [0.2, 0.25) is 0 Å². The molecule has 0 amide bonds. The molecular formula is C22H11F3N2O2S. The van der Waals surface area contributed by atoms with E-state index in [9.17, 15) is 21.6 Å². The minimum absolute atomic E-state index is 0.127. The Labute approximate surface area is 169 Å². The van der Waals surface area contributed by atoms with Gasteiger partial charge in [-0.1, -0.05) is 12.1 Å². The molecule has 30 heavy (non-hydrogen) atoms. The number of nitriles is 1. The van der Waals surface area contributed by atoms with Crippen molar-refractivity contribution in [2.45, 2.75) is 9.79 Å². The molecular weight excluding hydrogens is 413 g/mol. The van der Waals surface area contributed by atoms with Crippen LogP contribution in [-0.4, -0.2) is 13.4 Å². The maximum absolute atomic E-state index is 13.9. The van der Waals surface area contributed by atoms with Crippen molar-refractivity contribution in [2.24, 2.45) is 0 Å². The topological polar surface area (TPSA) is 70.8 Å². The highest BCUT2D eigenvalue weighted by molar-refractivity contribution is 7.91. The van der Waals surface area contributed by atoms with Crippen LogP contribution in [0.4, 0.5) is 13.2 Å². The number of halogens is 3. The molecule has 1 aromatic heterocycles. The number of aromatic nitrogens is 1. The lowest BCUT2D eigenvalue weighted by Crippen LogP contribution is -2.06. The van der Waals surface area contributed by atoms with Crippen LogP contribution in [0.3, 0.4) is 0 Å². The molecule has 4 nitrogen and oxygen atoms in total. The van der Waals surface area contributed by atoms with E-state index in [-0.39, 0.29) is 26.4 Å². The Morgan fingerprint density at radius 2 is 1.67 bits per heavy atom. The summed E-state index contributed by atoms with van der Waals surface area (Å²) in [6, 6.07) is 13.4. The molecule has 0 bridgehead atoms. The van der Waals surface area contributed by atoms with Crippen LogP contribution in [0.1, 0.15) is 5.56 Å². The Kier molecular flexibility index (Phi) is 4.76. The normalized spacial score (nSPS) is 11.4. The summed E-state index contributed by atoms with van der Waals surface area (Å²) < 4.78 is 68.0. The summed E-state index contributed by atoms with van der Waals surface area (Å²) in [5.74, 6) is -2.00. The van der Waals surface area contributed by atoms with E-state index in [1.54, 1.807) is 6.07 Å². The van der Waals surface area contributed by atoms with Crippen molar-refractivity contribution in [1.29, 1.82) is 5.26 Å². The Morgan fingerprint density at radius 3 is 2.40 bits per heavy atom. The number of hydrogen-bond acceptors (Lipinski definition) is 4. The molecule has 0 saturated carbocycles. The molecule has 0 saturated heterocycles. The number of sulfone groups is 1. The van der Waals surface area contributed by atoms with Crippen LogP contribution >= 0.6 is 0 Å². The van der Waals surface area contributed by atoms with E-state index in [1.807, 2.05) is 0 Å². The van der Waals surface area contributed by atoms with Crippen molar-refractivity contribution in [3.05, 3.63) is 89.9 Å². The average Bonchev–Trinajstić information content (AvgIpc) is 2.72. The lowest BCUT2D eigenvalue weighted by Gasteiger charge is -2.14. The van der Waals surface area contributed by atoms with Crippen LogP contribution in [0.15, 0.2) is 76.7 Å². The van der Waals surface area contributed by atoms with E-state index in [1.165, 1.54) is 24.3 Å². The van der Waals surface area contributed by atoms with Gasteiger partial charge in [-0.15, -0.1) is 0 Å². The molecule has 0 atom stereocenters. The standard InChI is InChI=1S/C22H11F3N2O2S/c23-15-3-1-2-13(8-15)22-18-6-4-16(24)10-20(18)27-12-21(22)30(28,29)17-5-7-19(25)14(9-17)11-26/h1-10,12H. The number of pyridine rings is 1. The lowest BCUT2D eigenvalue weighted by atomic mass is 10.0. The predicted molar refractivity (Wildman–Crippen MR) is 104 cm³/mol. The second-order valence-electron chi connectivity index (χ2n) is 6.43. The molecule has 148 valence electrons. The van der Waals surface area contributed by atoms with Gasteiger partial charge >= 0.3 is 0 Å². The number of fused-ring (bicyclic) bond motifs is 1. The van der Waals surface area contributed by atoms with Gasteiger partial charge in [0.2, 0.25) is 9.84 Å². The summed E-state index contributed by atoms with van der Waals surface area (Å²) in [6.45, 7) is 0. The Hall–Kier alpha value is -3.70. The summed E-state index contributed by atoms with van der Waals surface area (Å²) in [5.41, 5.74) is 0.127. The molecule has 0 N–H and O–H groups in total. The third-order valence-electron chi connectivity index (χ3n) is 4.57. The van der Waals surface area contributed by atoms with Gasteiger partial charge < -0.3 is 0 Å². The molecule has 0 spiro atoms. The number of nitrogens with zero attached hydrogens (tertiary/aromatic N) is 2. The molecule has 0 aliphatic rings. The first-order chi connectivity index (χ1) is 14.3. The molecule has 0 unspecified atom stereocenters. The molecule has 1 heterocycles. The lowest BCUT2D eigenvalue weighted by molar-refractivity contribution is 0.594. The molecule has 0 radical (unpaired) electrons. The monoisotopic (exact) mass is 424 g/mol. The second-order valence-corrected chi connectivity index (χ2v) is 8.34. The van der Waals surface area contributed by atoms with Crippen LogP contribution in [0.5, 0.6) is 0 Å². The van der Waals surface area contributed by atoms with Crippen molar-refractivity contribution in [1.82, 2.24) is 4.98 Å². The summed E-state index contributed by atoms with van der Waals surface area (Å²) >= 11 is 0. The van der Waals surface area contributed by atoms with Crippen molar-refractivity contribution >= 4 is 20.7 Å². The van der Waals surface area contributed by atoms with Gasteiger partial charge in [-0.2, -0.15) is 5.26 Å². The van der Waals surface area contributed by atoms with Crippen molar-refractivity contribution in [3.8, 4) is 17.2 Å². The predicted octanol–water partition coefficient (Wildman–Crippen LogP) is 5.02. The Bertz CT molecular complexity index is 1460. The van der Waals surface area contributed by atoms with Gasteiger partial charge in [-0.3, -0.25) is 4.98 Å². The fourth-order valence-corrected chi connectivity index (χ4v) is 4.64. The summed E-state index contributed by atoms with van der Waals surface area (Å²) in [5, 5.41) is 9.33. The first-order valence-corrected chi connectivity index (χ1v) is 10.1. The first kappa shape index (κ1) is 19.6. The highest BCUT2D eigenvalue weighted by atomic mass is 32.2. The van der Waals surface area contributed by atoms with Gasteiger partial charge in [-0.05, 0) is 48.0 Å². The van der Waals surface area contributed by atoms with Gasteiger partial charge in [0.25, 0.3) is 0 Å².